The number of hydrogen-bond acceptors (Lipinski definition) is 6. The summed E-state index contributed by atoms with van der Waals surface area (Å²) in [6.45, 7) is 1.91. The number of benzene rings is 3. The number of halogens is 2. The summed E-state index contributed by atoms with van der Waals surface area (Å²) in [5.74, 6) is -3.66. The van der Waals surface area contributed by atoms with Crippen LogP contribution in [0.25, 0.3) is 0 Å². The van der Waals surface area contributed by atoms with Crippen LogP contribution in [-0.4, -0.2) is 45.5 Å². The lowest BCUT2D eigenvalue weighted by Gasteiger charge is -2.16. The first-order chi connectivity index (χ1) is 18.5. The highest BCUT2D eigenvalue weighted by Gasteiger charge is 2.32. The third-order valence-electron chi connectivity index (χ3n) is 6.23. The molecular weight excluding hydrogens is 545 g/mol. The Morgan fingerprint density at radius 3 is 2.31 bits per heavy atom. The molecule has 0 bridgehead atoms. The monoisotopic (exact) mass is 567 g/mol. The van der Waals surface area contributed by atoms with Crippen LogP contribution in [0.1, 0.15) is 51.1 Å². The normalized spacial score (nSPS) is 14.6. The number of carboxylic acid groups (broad SMARTS) is 1. The third kappa shape index (κ3) is 6.27. The summed E-state index contributed by atoms with van der Waals surface area (Å²) in [6.07, 6.45) is -0.627. The minimum Gasteiger partial charge on any atom is -0.508 e. The molecule has 4 N–H and O–H groups in total. The maximum atomic E-state index is 13.0. The van der Waals surface area contributed by atoms with Gasteiger partial charge < -0.3 is 20.8 Å². The summed E-state index contributed by atoms with van der Waals surface area (Å²) < 4.78 is 0. The average Bonchev–Trinajstić information content (AvgIpc) is 3.23. The summed E-state index contributed by atoms with van der Waals surface area (Å²) in [4.78, 5) is 54.7. The molecule has 9 nitrogen and oxygen atoms in total. The number of rotatable bonds is 9. The van der Waals surface area contributed by atoms with E-state index in [4.69, 9.17) is 23.2 Å². The molecule has 0 fully saturated rings. The zero-order valence-electron chi connectivity index (χ0n) is 20.6. The van der Waals surface area contributed by atoms with Crippen LogP contribution in [-0.2, 0) is 16.1 Å². The number of carbonyl (C=O) groups excluding carboxylic acids is 3. The fourth-order valence-corrected chi connectivity index (χ4v) is 4.92. The minimum absolute atomic E-state index is 0.0578. The van der Waals surface area contributed by atoms with Gasteiger partial charge in [-0.25, -0.2) is 9.79 Å². The van der Waals surface area contributed by atoms with E-state index < -0.39 is 36.0 Å². The van der Waals surface area contributed by atoms with Gasteiger partial charge in [0.05, 0.1) is 21.3 Å². The highest BCUT2D eigenvalue weighted by atomic mass is 35.5. The zero-order valence-corrected chi connectivity index (χ0v) is 22.1. The van der Waals surface area contributed by atoms with E-state index in [2.05, 4.69) is 15.6 Å². The highest BCUT2D eigenvalue weighted by molar-refractivity contribution is 6.43. The minimum atomic E-state index is -1.57. The molecule has 0 aromatic heterocycles. The molecule has 0 radical (unpaired) electrons. The molecule has 3 aromatic rings. The second-order valence-electron chi connectivity index (χ2n) is 8.94. The fraction of sp³-hybridized carbons (Fsp3) is 0.179. The van der Waals surface area contributed by atoms with Crippen LogP contribution >= 0.6 is 23.2 Å². The Kier molecular flexibility index (Phi) is 8.32. The number of carbonyl (C=O) groups is 4. The van der Waals surface area contributed by atoms with Crippen molar-refractivity contribution in [1.82, 2.24) is 10.6 Å². The van der Waals surface area contributed by atoms with Crippen LogP contribution in [0.5, 0.6) is 5.75 Å². The number of ketones is 1. The number of aromatic hydroxyl groups is 1. The molecule has 0 spiro atoms. The maximum Gasteiger partial charge on any atom is 0.326 e. The van der Waals surface area contributed by atoms with E-state index in [0.717, 1.165) is 5.56 Å². The average molecular weight is 568 g/mol. The number of fused-ring (bicyclic) bond motifs is 1. The fourth-order valence-electron chi connectivity index (χ4n) is 4.22. The van der Waals surface area contributed by atoms with Gasteiger partial charge in [-0.1, -0.05) is 60.5 Å². The van der Waals surface area contributed by atoms with E-state index >= 15 is 0 Å². The summed E-state index contributed by atoms with van der Waals surface area (Å²) >= 11 is 12.6. The molecule has 0 saturated heterocycles. The second-order valence-corrected chi connectivity index (χ2v) is 9.75. The van der Waals surface area contributed by atoms with Crippen molar-refractivity contribution in [2.24, 2.45) is 4.99 Å². The first kappa shape index (κ1) is 27.8. The molecule has 39 heavy (non-hydrogen) atoms. The van der Waals surface area contributed by atoms with E-state index in [9.17, 15) is 29.4 Å². The summed E-state index contributed by atoms with van der Waals surface area (Å²) in [5, 5.41) is 24.0. The van der Waals surface area contributed by atoms with Crippen LogP contribution in [0.15, 0.2) is 65.7 Å². The SMILES string of the molecule is CC1C(C(=O)NC(CC(=O)c2c(Cl)cc(C(=O)NCc3cccc(O)c3)cc2Cl)C(=O)O)=Nc2ccccc21. The highest BCUT2D eigenvalue weighted by Crippen LogP contribution is 2.35. The van der Waals surface area contributed by atoms with Crippen molar-refractivity contribution >= 4 is 58.2 Å². The van der Waals surface area contributed by atoms with E-state index in [0.29, 0.717) is 11.3 Å². The number of amides is 2. The number of nitrogens with one attached hydrogen (secondary N) is 2. The lowest BCUT2D eigenvalue weighted by atomic mass is 9.97. The van der Waals surface area contributed by atoms with E-state index in [1.807, 2.05) is 12.1 Å². The molecule has 1 heterocycles. The number of para-hydroxylation sites is 1. The number of nitrogens with zero attached hydrogens (tertiary/aromatic N) is 1. The Morgan fingerprint density at radius 2 is 1.67 bits per heavy atom. The molecule has 2 amide bonds. The largest absolute Gasteiger partial charge is 0.508 e. The molecule has 4 rings (SSSR count). The molecule has 1 aliphatic heterocycles. The van der Waals surface area contributed by atoms with Gasteiger partial charge in [0.1, 0.15) is 17.5 Å². The molecular formula is C28H23Cl2N3O6. The first-order valence-electron chi connectivity index (χ1n) is 11.8. The van der Waals surface area contributed by atoms with Crippen molar-refractivity contribution in [3.63, 3.8) is 0 Å². The van der Waals surface area contributed by atoms with Gasteiger partial charge in [-0.3, -0.25) is 14.4 Å². The molecule has 11 heteroatoms. The van der Waals surface area contributed by atoms with Crippen molar-refractivity contribution in [3.8, 4) is 5.75 Å². The number of phenols is 1. The topological polar surface area (TPSA) is 145 Å². The van der Waals surface area contributed by atoms with Crippen molar-refractivity contribution in [3.05, 3.63) is 93.0 Å². The number of hydrogen-bond donors (Lipinski definition) is 4. The van der Waals surface area contributed by atoms with Gasteiger partial charge in [0, 0.05) is 24.4 Å². The Morgan fingerprint density at radius 1 is 0.974 bits per heavy atom. The molecule has 2 atom stereocenters. The summed E-state index contributed by atoms with van der Waals surface area (Å²) in [5.41, 5.74) is 2.20. The number of phenolic OH excluding ortho intramolecular Hbond substituents is 1. The lowest BCUT2D eigenvalue weighted by Crippen LogP contribution is -2.45. The van der Waals surface area contributed by atoms with Crippen LogP contribution in [0.3, 0.4) is 0 Å². The van der Waals surface area contributed by atoms with E-state index in [1.54, 1.807) is 31.2 Å². The Labute approximate surface area is 233 Å². The first-order valence-corrected chi connectivity index (χ1v) is 12.6. The van der Waals surface area contributed by atoms with Crippen LogP contribution < -0.4 is 10.6 Å². The van der Waals surface area contributed by atoms with E-state index in [-0.39, 0.29) is 45.1 Å². The summed E-state index contributed by atoms with van der Waals surface area (Å²) in [6, 6.07) is 14.5. The van der Waals surface area contributed by atoms with Crippen molar-refractivity contribution < 1.29 is 29.4 Å². The van der Waals surface area contributed by atoms with Crippen LogP contribution in [0, 0.1) is 0 Å². The molecule has 0 saturated carbocycles. The number of aliphatic carboxylic acids is 1. The Balaban J connectivity index is 1.44. The van der Waals surface area contributed by atoms with Crippen molar-refractivity contribution in [2.75, 3.05) is 0 Å². The van der Waals surface area contributed by atoms with E-state index in [1.165, 1.54) is 24.3 Å². The second kappa shape index (κ2) is 11.7. The number of aliphatic imine (C=N–C) groups is 1. The predicted octanol–water partition coefficient (Wildman–Crippen LogP) is 4.66. The van der Waals surface area contributed by atoms with Crippen molar-refractivity contribution in [2.45, 2.75) is 31.8 Å². The van der Waals surface area contributed by atoms with Gasteiger partial charge in [-0.05, 0) is 41.5 Å². The third-order valence-corrected chi connectivity index (χ3v) is 6.82. The van der Waals surface area contributed by atoms with Gasteiger partial charge in [0.25, 0.3) is 11.8 Å². The molecule has 1 aliphatic rings. The number of Topliss-reactive ketones (excluding diaryl/α,β-unsaturated/α-hetero) is 1. The standard InChI is InChI=1S/C28H23Cl2N3O6/c1-14-18-7-2-3-8-21(18)32-25(14)27(37)33-22(28(38)39)12-23(35)24-19(29)10-16(11-20(24)30)26(36)31-13-15-5-4-6-17(34)9-15/h2-11,14,22,34H,12-13H2,1H3,(H,31,36)(H,33,37)(H,38,39). The van der Waals surface area contributed by atoms with Gasteiger partial charge in [-0.15, -0.1) is 0 Å². The summed E-state index contributed by atoms with van der Waals surface area (Å²) in [7, 11) is 0. The molecule has 2 unspecified atom stereocenters. The van der Waals surface area contributed by atoms with Gasteiger partial charge in [0.15, 0.2) is 5.78 Å². The predicted molar refractivity (Wildman–Crippen MR) is 146 cm³/mol. The van der Waals surface area contributed by atoms with Gasteiger partial charge in [0.2, 0.25) is 0 Å². The lowest BCUT2D eigenvalue weighted by molar-refractivity contribution is -0.141. The van der Waals surface area contributed by atoms with Crippen molar-refractivity contribution in [1.29, 1.82) is 0 Å². The Bertz CT molecular complexity index is 1500. The quantitative estimate of drug-likeness (QED) is 0.276. The molecule has 3 aromatic carbocycles. The Hall–Kier alpha value is -4.21. The molecule has 200 valence electrons. The molecule has 0 aliphatic carbocycles. The van der Waals surface area contributed by atoms with Crippen LogP contribution in [0.2, 0.25) is 10.0 Å². The number of carboxylic acids is 1. The van der Waals surface area contributed by atoms with Crippen LogP contribution in [0.4, 0.5) is 5.69 Å². The maximum absolute atomic E-state index is 13.0. The smallest absolute Gasteiger partial charge is 0.326 e. The van der Waals surface area contributed by atoms with Gasteiger partial charge >= 0.3 is 5.97 Å². The van der Waals surface area contributed by atoms with Gasteiger partial charge in [-0.2, -0.15) is 0 Å². The zero-order chi connectivity index (χ0) is 28.3.